The Morgan fingerprint density at radius 1 is 1.32 bits per heavy atom. The zero-order chi connectivity index (χ0) is 17.8. The van der Waals surface area contributed by atoms with Gasteiger partial charge in [-0.15, -0.1) is 0 Å². The number of nitrogens with zero attached hydrogens (tertiary/aromatic N) is 1. The Kier molecular flexibility index (Phi) is 5.28. The smallest absolute Gasteiger partial charge is 0.227 e. The second-order valence-electron chi connectivity index (χ2n) is 5.90. The Hall–Kier alpha value is -2.47. The maximum absolute atomic E-state index is 12.6. The number of halogens is 1. The Morgan fingerprint density at radius 3 is 2.92 bits per heavy atom. The number of anilines is 1. The van der Waals surface area contributed by atoms with Crippen molar-refractivity contribution in [1.29, 1.82) is 0 Å². The summed E-state index contributed by atoms with van der Waals surface area (Å²) in [6.45, 7) is 2.64. The van der Waals surface area contributed by atoms with E-state index in [1.807, 2.05) is 6.92 Å². The zero-order valence-corrected chi connectivity index (χ0v) is 14.6. The molecule has 2 amide bonds. The number of nitrogens with one attached hydrogen (secondary N) is 1. The first-order chi connectivity index (χ1) is 12.0. The third kappa shape index (κ3) is 4.33. The number of hydrogen-bond acceptors (Lipinski definition) is 4. The van der Waals surface area contributed by atoms with E-state index in [9.17, 15) is 9.59 Å². The van der Waals surface area contributed by atoms with Crippen LogP contribution in [0.5, 0.6) is 5.75 Å². The molecule has 1 aliphatic rings. The van der Waals surface area contributed by atoms with Crippen LogP contribution in [0.1, 0.15) is 25.5 Å². The van der Waals surface area contributed by atoms with Crippen LogP contribution >= 0.6 is 11.6 Å². The Labute approximate surface area is 150 Å². The number of carbonyl (C=O) groups is 2. The molecule has 25 heavy (non-hydrogen) atoms. The van der Waals surface area contributed by atoms with Crippen LogP contribution in [-0.2, 0) is 16.1 Å². The molecule has 0 radical (unpaired) electrons. The first-order valence-electron chi connectivity index (χ1n) is 8.08. The van der Waals surface area contributed by atoms with E-state index in [1.54, 1.807) is 41.5 Å². The average Bonchev–Trinajstić information content (AvgIpc) is 3.11. The fourth-order valence-electron chi connectivity index (χ4n) is 2.69. The van der Waals surface area contributed by atoms with Crippen LogP contribution in [0.3, 0.4) is 0 Å². The number of ether oxygens (including phenoxy) is 1. The highest BCUT2D eigenvalue weighted by atomic mass is 35.5. The van der Waals surface area contributed by atoms with Gasteiger partial charge in [0.2, 0.25) is 11.8 Å². The van der Waals surface area contributed by atoms with Crippen LogP contribution in [0.15, 0.2) is 41.0 Å². The molecule has 6 nitrogen and oxygen atoms in total. The van der Waals surface area contributed by atoms with E-state index in [-0.39, 0.29) is 30.8 Å². The van der Waals surface area contributed by atoms with E-state index < -0.39 is 0 Å². The van der Waals surface area contributed by atoms with Gasteiger partial charge < -0.3 is 19.4 Å². The quantitative estimate of drug-likeness (QED) is 0.886. The fraction of sp³-hybridized carbons (Fsp3) is 0.333. The lowest BCUT2D eigenvalue weighted by atomic mass is 10.1. The van der Waals surface area contributed by atoms with Crippen LogP contribution in [0.25, 0.3) is 0 Å². The standard InChI is InChI=1S/C18H19ClN2O4/c1-12-11-21(15-9-13(19)4-5-16(15)25-12)18(23)7-6-17(22)20-10-14-3-2-8-24-14/h2-5,8-9,12H,6-7,10-11H2,1H3,(H,20,22)/t12-/m1/s1. The topological polar surface area (TPSA) is 71.8 Å². The summed E-state index contributed by atoms with van der Waals surface area (Å²) in [5, 5.41) is 3.26. The normalized spacial score (nSPS) is 16.1. The van der Waals surface area contributed by atoms with Crippen molar-refractivity contribution in [2.75, 3.05) is 11.4 Å². The number of hydrogen-bond donors (Lipinski definition) is 1. The molecule has 132 valence electrons. The maximum atomic E-state index is 12.6. The van der Waals surface area contributed by atoms with E-state index in [4.69, 9.17) is 20.8 Å². The summed E-state index contributed by atoms with van der Waals surface area (Å²) in [5.41, 5.74) is 0.645. The summed E-state index contributed by atoms with van der Waals surface area (Å²) in [6.07, 6.45) is 1.65. The molecule has 0 saturated heterocycles. The molecule has 7 heteroatoms. The first kappa shape index (κ1) is 17.4. The number of fused-ring (bicyclic) bond motifs is 1. The summed E-state index contributed by atoms with van der Waals surface area (Å²) in [7, 11) is 0. The number of benzene rings is 1. The molecule has 2 heterocycles. The predicted octanol–water partition coefficient (Wildman–Crippen LogP) is 3.14. The minimum absolute atomic E-state index is 0.112. The van der Waals surface area contributed by atoms with E-state index >= 15 is 0 Å². The molecule has 1 atom stereocenters. The minimum atomic E-state index is -0.197. The van der Waals surface area contributed by atoms with Crippen LogP contribution in [-0.4, -0.2) is 24.5 Å². The Bertz CT molecular complexity index is 760. The number of rotatable bonds is 5. The average molecular weight is 363 g/mol. The van der Waals surface area contributed by atoms with Crippen molar-refractivity contribution < 1.29 is 18.7 Å². The monoisotopic (exact) mass is 362 g/mol. The molecule has 0 aliphatic carbocycles. The molecule has 1 aromatic heterocycles. The molecule has 1 aromatic carbocycles. The molecular weight excluding hydrogens is 344 g/mol. The molecule has 0 fully saturated rings. The Balaban J connectivity index is 1.58. The number of carbonyl (C=O) groups excluding carboxylic acids is 2. The van der Waals surface area contributed by atoms with E-state index in [2.05, 4.69) is 5.32 Å². The van der Waals surface area contributed by atoms with E-state index in [0.717, 1.165) is 0 Å². The molecule has 1 aliphatic heterocycles. The van der Waals surface area contributed by atoms with E-state index in [0.29, 0.717) is 35.3 Å². The van der Waals surface area contributed by atoms with Gasteiger partial charge in [-0.1, -0.05) is 11.6 Å². The second kappa shape index (κ2) is 7.61. The summed E-state index contributed by atoms with van der Waals surface area (Å²) >= 11 is 6.03. The molecule has 2 aromatic rings. The maximum Gasteiger partial charge on any atom is 0.227 e. The largest absolute Gasteiger partial charge is 0.487 e. The molecule has 0 saturated carbocycles. The fourth-order valence-corrected chi connectivity index (χ4v) is 2.86. The minimum Gasteiger partial charge on any atom is -0.487 e. The lowest BCUT2D eigenvalue weighted by Gasteiger charge is -2.33. The number of amides is 2. The predicted molar refractivity (Wildman–Crippen MR) is 93.7 cm³/mol. The summed E-state index contributed by atoms with van der Waals surface area (Å²) in [4.78, 5) is 26.1. The lowest BCUT2D eigenvalue weighted by Crippen LogP contribution is -2.42. The van der Waals surface area contributed by atoms with Crippen LogP contribution in [0, 0.1) is 0 Å². The van der Waals surface area contributed by atoms with E-state index in [1.165, 1.54) is 0 Å². The SMILES string of the molecule is C[C@@H]1CN(C(=O)CCC(=O)NCc2ccco2)c2cc(Cl)ccc2O1. The van der Waals surface area contributed by atoms with Crippen molar-refractivity contribution >= 4 is 29.1 Å². The highest BCUT2D eigenvalue weighted by Gasteiger charge is 2.27. The number of furan rings is 1. The van der Waals surface area contributed by atoms with Crippen molar-refractivity contribution in [1.82, 2.24) is 5.32 Å². The highest BCUT2D eigenvalue weighted by molar-refractivity contribution is 6.31. The highest BCUT2D eigenvalue weighted by Crippen LogP contribution is 2.36. The molecule has 1 N–H and O–H groups in total. The summed E-state index contributed by atoms with van der Waals surface area (Å²) < 4.78 is 10.9. The van der Waals surface area contributed by atoms with Crippen LogP contribution in [0.2, 0.25) is 5.02 Å². The molecule has 0 bridgehead atoms. The third-order valence-corrected chi connectivity index (χ3v) is 4.12. The van der Waals surface area contributed by atoms with Gasteiger partial charge in [0, 0.05) is 17.9 Å². The molecular formula is C18H19ClN2O4. The first-order valence-corrected chi connectivity index (χ1v) is 8.46. The van der Waals surface area contributed by atoms with Gasteiger partial charge >= 0.3 is 0 Å². The van der Waals surface area contributed by atoms with Crippen molar-refractivity contribution in [2.45, 2.75) is 32.4 Å². The van der Waals surface area contributed by atoms with Gasteiger partial charge in [0.25, 0.3) is 0 Å². The van der Waals surface area contributed by atoms with Crippen molar-refractivity contribution in [3.63, 3.8) is 0 Å². The second-order valence-corrected chi connectivity index (χ2v) is 6.34. The van der Waals surface area contributed by atoms with Crippen LogP contribution in [0.4, 0.5) is 5.69 Å². The molecule has 0 spiro atoms. The van der Waals surface area contributed by atoms with Gasteiger partial charge in [-0.25, -0.2) is 0 Å². The summed E-state index contributed by atoms with van der Waals surface area (Å²) in [5.74, 6) is 0.966. The van der Waals surface area contributed by atoms with Crippen molar-refractivity contribution in [2.24, 2.45) is 0 Å². The van der Waals surface area contributed by atoms with Gasteiger partial charge in [0.05, 0.1) is 25.0 Å². The van der Waals surface area contributed by atoms with Gasteiger partial charge in [-0.2, -0.15) is 0 Å². The molecule has 0 unspecified atom stereocenters. The third-order valence-electron chi connectivity index (χ3n) is 3.89. The van der Waals surface area contributed by atoms with Crippen molar-refractivity contribution in [3.05, 3.63) is 47.4 Å². The lowest BCUT2D eigenvalue weighted by molar-refractivity contribution is -0.125. The van der Waals surface area contributed by atoms with Gasteiger partial charge in [-0.3, -0.25) is 9.59 Å². The zero-order valence-electron chi connectivity index (χ0n) is 13.8. The van der Waals surface area contributed by atoms with Gasteiger partial charge in [0.15, 0.2) is 0 Å². The summed E-state index contributed by atoms with van der Waals surface area (Å²) in [6, 6.07) is 8.72. The van der Waals surface area contributed by atoms with Gasteiger partial charge in [0.1, 0.15) is 17.6 Å². The van der Waals surface area contributed by atoms with Gasteiger partial charge in [-0.05, 0) is 37.3 Å². The Morgan fingerprint density at radius 2 is 2.16 bits per heavy atom. The van der Waals surface area contributed by atoms with Crippen molar-refractivity contribution in [3.8, 4) is 5.75 Å². The van der Waals surface area contributed by atoms with Crippen LogP contribution < -0.4 is 15.0 Å². The molecule has 3 rings (SSSR count).